The monoisotopic (exact) mass is 204 g/mol. The standard InChI is InChI=1S/C12H9ClO/c13-11-5-4-9-2-1-3-10(6-7-14)12(9)8-11/h1-5,7-8H,6H2. The summed E-state index contributed by atoms with van der Waals surface area (Å²) in [5.41, 5.74) is 1.03. The van der Waals surface area contributed by atoms with Crippen LogP contribution in [-0.2, 0) is 11.2 Å². The van der Waals surface area contributed by atoms with Crippen molar-refractivity contribution < 1.29 is 4.79 Å². The summed E-state index contributed by atoms with van der Waals surface area (Å²) >= 11 is 5.90. The minimum atomic E-state index is 0.442. The quantitative estimate of drug-likeness (QED) is 0.687. The highest BCUT2D eigenvalue weighted by Gasteiger charge is 2.00. The third-order valence-corrected chi connectivity index (χ3v) is 2.47. The highest BCUT2D eigenvalue weighted by molar-refractivity contribution is 6.31. The van der Waals surface area contributed by atoms with Gasteiger partial charge in [0.25, 0.3) is 0 Å². The van der Waals surface area contributed by atoms with Crippen molar-refractivity contribution in [1.82, 2.24) is 0 Å². The van der Waals surface area contributed by atoms with Crippen molar-refractivity contribution >= 4 is 28.7 Å². The Morgan fingerprint density at radius 3 is 2.86 bits per heavy atom. The summed E-state index contributed by atoms with van der Waals surface area (Å²) in [5, 5.41) is 2.89. The molecule has 1 nitrogen and oxygen atoms in total. The zero-order valence-electron chi connectivity index (χ0n) is 7.53. The molecular weight excluding hydrogens is 196 g/mol. The maximum Gasteiger partial charge on any atom is 0.124 e. The SMILES string of the molecule is O=CCc1cccc2ccc(Cl)cc12. The van der Waals surface area contributed by atoms with E-state index in [0.717, 1.165) is 22.6 Å². The van der Waals surface area contributed by atoms with Gasteiger partial charge in [-0.3, -0.25) is 0 Å². The molecule has 0 unspecified atom stereocenters. The minimum absolute atomic E-state index is 0.442. The first-order valence-corrected chi connectivity index (χ1v) is 4.80. The maximum absolute atomic E-state index is 10.5. The summed E-state index contributed by atoms with van der Waals surface area (Å²) in [6.07, 6.45) is 1.35. The molecule has 0 fully saturated rings. The van der Waals surface area contributed by atoms with E-state index in [-0.39, 0.29) is 0 Å². The number of carbonyl (C=O) groups excluding carboxylic acids is 1. The fourth-order valence-electron chi connectivity index (χ4n) is 1.58. The van der Waals surface area contributed by atoms with Gasteiger partial charge in [-0.15, -0.1) is 0 Å². The Labute approximate surface area is 87.3 Å². The van der Waals surface area contributed by atoms with E-state index in [4.69, 9.17) is 11.6 Å². The summed E-state index contributed by atoms with van der Waals surface area (Å²) in [5.74, 6) is 0. The zero-order chi connectivity index (χ0) is 9.97. The van der Waals surface area contributed by atoms with Gasteiger partial charge in [-0.25, -0.2) is 0 Å². The molecule has 0 heterocycles. The van der Waals surface area contributed by atoms with Gasteiger partial charge in [-0.1, -0.05) is 35.9 Å². The van der Waals surface area contributed by atoms with E-state index in [2.05, 4.69) is 0 Å². The molecule has 0 bridgehead atoms. The highest BCUT2D eigenvalue weighted by atomic mass is 35.5. The van der Waals surface area contributed by atoms with Crippen LogP contribution in [0.4, 0.5) is 0 Å². The summed E-state index contributed by atoms with van der Waals surface area (Å²) in [7, 11) is 0. The van der Waals surface area contributed by atoms with Gasteiger partial charge in [0.2, 0.25) is 0 Å². The minimum Gasteiger partial charge on any atom is -0.303 e. The average Bonchev–Trinajstić information content (AvgIpc) is 2.19. The van der Waals surface area contributed by atoms with Gasteiger partial charge in [0.15, 0.2) is 0 Å². The molecule has 0 spiro atoms. The normalized spacial score (nSPS) is 10.4. The molecule has 0 atom stereocenters. The van der Waals surface area contributed by atoms with E-state index in [1.165, 1.54) is 0 Å². The lowest BCUT2D eigenvalue weighted by molar-refractivity contribution is -0.107. The summed E-state index contributed by atoms with van der Waals surface area (Å²) in [6.45, 7) is 0. The van der Waals surface area contributed by atoms with Crippen LogP contribution in [0.5, 0.6) is 0 Å². The van der Waals surface area contributed by atoms with Crippen molar-refractivity contribution in [2.45, 2.75) is 6.42 Å². The lowest BCUT2D eigenvalue weighted by Gasteiger charge is -2.03. The smallest absolute Gasteiger partial charge is 0.124 e. The molecule has 0 aliphatic rings. The molecular formula is C12H9ClO. The van der Waals surface area contributed by atoms with Crippen LogP contribution in [-0.4, -0.2) is 6.29 Å². The second kappa shape index (κ2) is 3.81. The van der Waals surface area contributed by atoms with E-state index in [1.54, 1.807) is 0 Å². The molecule has 14 heavy (non-hydrogen) atoms. The zero-order valence-corrected chi connectivity index (χ0v) is 8.29. The lowest BCUT2D eigenvalue weighted by atomic mass is 10.0. The molecule has 2 aromatic rings. The van der Waals surface area contributed by atoms with Crippen molar-refractivity contribution in [3.63, 3.8) is 0 Å². The number of aldehydes is 1. The summed E-state index contributed by atoms with van der Waals surface area (Å²) < 4.78 is 0. The second-order valence-electron chi connectivity index (χ2n) is 3.15. The van der Waals surface area contributed by atoms with Crippen molar-refractivity contribution in [2.24, 2.45) is 0 Å². The van der Waals surface area contributed by atoms with E-state index < -0.39 is 0 Å². The Bertz CT molecular complexity index is 477. The third kappa shape index (κ3) is 1.64. The Hall–Kier alpha value is -1.34. The first-order chi connectivity index (χ1) is 6.81. The number of carbonyl (C=O) groups is 1. The van der Waals surface area contributed by atoms with E-state index in [9.17, 15) is 4.79 Å². The number of benzene rings is 2. The van der Waals surface area contributed by atoms with Crippen LogP contribution in [0.1, 0.15) is 5.56 Å². The van der Waals surface area contributed by atoms with Crippen molar-refractivity contribution in [1.29, 1.82) is 0 Å². The summed E-state index contributed by atoms with van der Waals surface area (Å²) in [4.78, 5) is 10.5. The molecule has 0 amide bonds. The van der Waals surface area contributed by atoms with Crippen LogP contribution in [0, 0.1) is 0 Å². The Morgan fingerprint density at radius 2 is 2.07 bits per heavy atom. The fourth-order valence-corrected chi connectivity index (χ4v) is 1.75. The van der Waals surface area contributed by atoms with E-state index in [1.807, 2.05) is 36.4 Å². The summed E-state index contributed by atoms with van der Waals surface area (Å²) in [6, 6.07) is 11.6. The second-order valence-corrected chi connectivity index (χ2v) is 3.59. The van der Waals surface area contributed by atoms with Gasteiger partial charge in [-0.2, -0.15) is 0 Å². The predicted molar refractivity (Wildman–Crippen MR) is 58.7 cm³/mol. The molecule has 0 saturated carbocycles. The maximum atomic E-state index is 10.5. The molecule has 0 aliphatic heterocycles. The van der Waals surface area contributed by atoms with Gasteiger partial charge in [0, 0.05) is 11.4 Å². The van der Waals surface area contributed by atoms with Crippen molar-refractivity contribution in [3.8, 4) is 0 Å². The lowest BCUT2D eigenvalue weighted by Crippen LogP contribution is -1.87. The highest BCUT2D eigenvalue weighted by Crippen LogP contribution is 2.22. The molecule has 0 aromatic heterocycles. The molecule has 70 valence electrons. The van der Waals surface area contributed by atoms with Crippen LogP contribution in [0.25, 0.3) is 10.8 Å². The molecule has 0 saturated heterocycles. The number of halogens is 1. The topological polar surface area (TPSA) is 17.1 Å². The number of hydrogen-bond donors (Lipinski definition) is 0. The number of fused-ring (bicyclic) bond motifs is 1. The van der Waals surface area contributed by atoms with E-state index in [0.29, 0.717) is 11.4 Å². The molecule has 2 heteroatoms. The largest absolute Gasteiger partial charge is 0.303 e. The fraction of sp³-hybridized carbons (Fsp3) is 0.0833. The average molecular weight is 205 g/mol. The number of hydrogen-bond acceptors (Lipinski definition) is 1. The Balaban J connectivity index is 2.70. The van der Waals surface area contributed by atoms with Gasteiger partial charge < -0.3 is 4.79 Å². The first kappa shape index (κ1) is 9.22. The van der Waals surface area contributed by atoms with Gasteiger partial charge in [0.1, 0.15) is 6.29 Å². The van der Waals surface area contributed by atoms with Gasteiger partial charge in [-0.05, 0) is 28.5 Å². The first-order valence-electron chi connectivity index (χ1n) is 4.42. The van der Waals surface area contributed by atoms with Crippen molar-refractivity contribution in [3.05, 3.63) is 47.0 Å². The molecule has 0 N–H and O–H groups in total. The number of rotatable bonds is 2. The predicted octanol–water partition coefficient (Wildman–Crippen LogP) is 3.23. The third-order valence-electron chi connectivity index (χ3n) is 2.24. The molecule has 2 aromatic carbocycles. The van der Waals surface area contributed by atoms with E-state index >= 15 is 0 Å². The van der Waals surface area contributed by atoms with Crippen LogP contribution in [0.2, 0.25) is 5.02 Å². The van der Waals surface area contributed by atoms with Crippen molar-refractivity contribution in [2.75, 3.05) is 0 Å². The van der Waals surface area contributed by atoms with Gasteiger partial charge in [0.05, 0.1) is 0 Å². The van der Waals surface area contributed by atoms with Crippen LogP contribution in [0.15, 0.2) is 36.4 Å². The Morgan fingerprint density at radius 1 is 1.21 bits per heavy atom. The van der Waals surface area contributed by atoms with Gasteiger partial charge >= 0.3 is 0 Å². The molecule has 0 radical (unpaired) electrons. The van der Waals surface area contributed by atoms with Crippen LogP contribution >= 0.6 is 11.6 Å². The molecule has 0 aliphatic carbocycles. The van der Waals surface area contributed by atoms with Crippen LogP contribution in [0.3, 0.4) is 0 Å². The van der Waals surface area contributed by atoms with Crippen LogP contribution < -0.4 is 0 Å². The Kier molecular flexibility index (Phi) is 2.51. The molecule has 2 rings (SSSR count).